The lowest BCUT2D eigenvalue weighted by molar-refractivity contribution is -0.117. The highest BCUT2D eigenvalue weighted by Crippen LogP contribution is 2.13. The number of thioether (sulfide) groups is 1. The summed E-state index contributed by atoms with van der Waals surface area (Å²) in [5.41, 5.74) is 1.74. The standard InChI is InChI=1S/C13H15N3OS/c14-6-5-10-1-3-11(4-2-10)16-13(17)12-9-18-8-7-15-12/h1-4,12,15H,5,7-9H2,(H,16,17). The molecule has 0 saturated carbocycles. The predicted molar refractivity (Wildman–Crippen MR) is 73.5 cm³/mol. The van der Waals surface area contributed by atoms with Crippen molar-refractivity contribution < 1.29 is 4.79 Å². The number of rotatable bonds is 3. The molecule has 1 aromatic carbocycles. The second kappa shape index (κ2) is 6.43. The number of amides is 1. The zero-order valence-electron chi connectivity index (χ0n) is 9.98. The molecule has 1 fully saturated rings. The molecule has 0 aromatic heterocycles. The summed E-state index contributed by atoms with van der Waals surface area (Å²) >= 11 is 1.79. The summed E-state index contributed by atoms with van der Waals surface area (Å²) in [7, 11) is 0. The molecular weight excluding hydrogens is 246 g/mol. The van der Waals surface area contributed by atoms with Crippen molar-refractivity contribution in [3.63, 3.8) is 0 Å². The zero-order chi connectivity index (χ0) is 12.8. The van der Waals surface area contributed by atoms with Crippen LogP contribution in [0.5, 0.6) is 0 Å². The minimum atomic E-state index is -0.109. The van der Waals surface area contributed by atoms with Crippen molar-refractivity contribution in [1.82, 2.24) is 5.32 Å². The van der Waals surface area contributed by atoms with Gasteiger partial charge in [0.25, 0.3) is 0 Å². The van der Waals surface area contributed by atoms with Gasteiger partial charge in [-0.15, -0.1) is 0 Å². The van der Waals surface area contributed by atoms with Gasteiger partial charge in [0.1, 0.15) is 0 Å². The van der Waals surface area contributed by atoms with Crippen molar-refractivity contribution in [1.29, 1.82) is 5.26 Å². The van der Waals surface area contributed by atoms with E-state index in [2.05, 4.69) is 16.7 Å². The number of benzene rings is 1. The molecule has 1 amide bonds. The van der Waals surface area contributed by atoms with Gasteiger partial charge >= 0.3 is 0 Å². The largest absolute Gasteiger partial charge is 0.325 e. The van der Waals surface area contributed by atoms with E-state index in [1.807, 2.05) is 24.3 Å². The summed E-state index contributed by atoms with van der Waals surface area (Å²) in [4.78, 5) is 11.9. The molecule has 2 N–H and O–H groups in total. The number of nitriles is 1. The lowest BCUT2D eigenvalue weighted by Crippen LogP contribution is -2.46. The van der Waals surface area contributed by atoms with Crippen LogP contribution in [0.4, 0.5) is 5.69 Å². The molecule has 1 aliphatic rings. The van der Waals surface area contributed by atoms with E-state index in [-0.39, 0.29) is 11.9 Å². The number of nitrogens with zero attached hydrogens (tertiary/aromatic N) is 1. The third-order valence-corrected chi connectivity index (χ3v) is 3.80. The monoisotopic (exact) mass is 261 g/mol. The number of carbonyl (C=O) groups excluding carboxylic acids is 1. The lowest BCUT2D eigenvalue weighted by atomic mass is 10.1. The summed E-state index contributed by atoms with van der Waals surface area (Å²) in [6.45, 7) is 0.879. The van der Waals surface area contributed by atoms with E-state index in [1.165, 1.54) is 0 Å². The fourth-order valence-electron chi connectivity index (χ4n) is 1.76. The van der Waals surface area contributed by atoms with Crippen LogP contribution in [0.3, 0.4) is 0 Å². The van der Waals surface area contributed by atoms with Crippen LogP contribution < -0.4 is 10.6 Å². The minimum absolute atomic E-state index is 0.00948. The van der Waals surface area contributed by atoms with E-state index in [0.29, 0.717) is 6.42 Å². The molecule has 1 atom stereocenters. The average Bonchev–Trinajstić information content (AvgIpc) is 2.42. The molecule has 0 bridgehead atoms. The zero-order valence-corrected chi connectivity index (χ0v) is 10.8. The van der Waals surface area contributed by atoms with Crippen molar-refractivity contribution in [3.8, 4) is 6.07 Å². The Morgan fingerprint density at radius 1 is 1.50 bits per heavy atom. The fourth-order valence-corrected chi connectivity index (χ4v) is 2.69. The van der Waals surface area contributed by atoms with Crippen LogP contribution in [0, 0.1) is 11.3 Å². The molecule has 94 valence electrons. The van der Waals surface area contributed by atoms with Crippen LogP contribution in [-0.2, 0) is 11.2 Å². The highest BCUT2D eigenvalue weighted by Gasteiger charge is 2.20. The van der Waals surface area contributed by atoms with Gasteiger partial charge in [0.15, 0.2) is 0 Å². The Balaban J connectivity index is 1.92. The number of nitrogens with one attached hydrogen (secondary N) is 2. The van der Waals surface area contributed by atoms with Crippen LogP contribution >= 0.6 is 11.8 Å². The van der Waals surface area contributed by atoms with E-state index in [1.54, 1.807) is 11.8 Å². The maximum Gasteiger partial charge on any atom is 0.242 e. The average molecular weight is 261 g/mol. The molecule has 1 aromatic rings. The Kier molecular flexibility index (Phi) is 4.62. The van der Waals surface area contributed by atoms with Gasteiger partial charge in [-0.2, -0.15) is 17.0 Å². The van der Waals surface area contributed by atoms with Crippen molar-refractivity contribution in [2.24, 2.45) is 0 Å². The number of carbonyl (C=O) groups is 1. The highest BCUT2D eigenvalue weighted by molar-refractivity contribution is 7.99. The Morgan fingerprint density at radius 3 is 2.89 bits per heavy atom. The Morgan fingerprint density at radius 2 is 2.28 bits per heavy atom. The van der Waals surface area contributed by atoms with Gasteiger partial charge in [0.05, 0.1) is 18.5 Å². The van der Waals surface area contributed by atoms with Gasteiger partial charge in [-0.05, 0) is 17.7 Å². The number of hydrogen-bond acceptors (Lipinski definition) is 4. The highest BCUT2D eigenvalue weighted by atomic mass is 32.2. The molecular formula is C13H15N3OS. The lowest BCUT2D eigenvalue weighted by Gasteiger charge is -2.22. The van der Waals surface area contributed by atoms with E-state index >= 15 is 0 Å². The molecule has 1 saturated heterocycles. The molecule has 2 rings (SSSR count). The predicted octanol–water partition coefficient (Wildman–Crippen LogP) is 1.40. The van der Waals surface area contributed by atoms with Gasteiger partial charge in [-0.3, -0.25) is 4.79 Å². The fraction of sp³-hybridized carbons (Fsp3) is 0.385. The number of hydrogen-bond donors (Lipinski definition) is 2. The first-order chi connectivity index (χ1) is 8.79. The van der Waals surface area contributed by atoms with Crippen LogP contribution in [0.1, 0.15) is 5.56 Å². The third kappa shape index (κ3) is 3.49. The summed E-state index contributed by atoms with van der Waals surface area (Å²) in [5.74, 6) is 1.89. The maximum absolute atomic E-state index is 11.9. The molecule has 5 heteroatoms. The first kappa shape index (κ1) is 12.9. The Labute approximate surface area is 111 Å². The van der Waals surface area contributed by atoms with Gasteiger partial charge < -0.3 is 10.6 Å². The van der Waals surface area contributed by atoms with Crippen LogP contribution in [-0.4, -0.2) is 30.0 Å². The topological polar surface area (TPSA) is 64.9 Å². The van der Waals surface area contributed by atoms with Gasteiger partial charge in [0.2, 0.25) is 5.91 Å². The quantitative estimate of drug-likeness (QED) is 0.863. The summed E-state index contributed by atoms with van der Waals surface area (Å²) in [6.07, 6.45) is 0.398. The molecule has 1 unspecified atom stereocenters. The SMILES string of the molecule is N#CCc1ccc(NC(=O)C2CSCCN2)cc1. The second-order valence-corrected chi connectivity index (χ2v) is 5.25. The molecule has 4 nitrogen and oxygen atoms in total. The summed E-state index contributed by atoms with van der Waals surface area (Å²) < 4.78 is 0. The normalized spacial score (nSPS) is 18.9. The molecule has 18 heavy (non-hydrogen) atoms. The van der Waals surface area contributed by atoms with E-state index in [4.69, 9.17) is 5.26 Å². The molecule has 1 heterocycles. The van der Waals surface area contributed by atoms with Gasteiger partial charge in [-0.1, -0.05) is 12.1 Å². The Hall–Kier alpha value is -1.51. The van der Waals surface area contributed by atoms with Crippen LogP contribution in [0.2, 0.25) is 0 Å². The summed E-state index contributed by atoms with van der Waals surface area (Å²) in [6, 6.07) is 9.38. The summed E-state index contributed by atoms with van der Waals surface area (Å²) in [5, 5.41) is 14.7. The maximum atomic E-state index is 11.9. The molecule has 0 aliphatic carbocycles. The molecule has 1 aliphatic heterocycles. The second-order valence-electron chi connectivity index (χ2n) is 4.10. The van der Waals surface area contributed by atoms with Gasteiger partial charge in [0, 0.05) is 23.7 Å². The van der Waals surface area contributed by atoms with Crippen LogP contribution in [0.25, 0.3) is 0 Å². The van der Waals surface area contributed by atoms with Crippen molar-refractivity contribution >= 4 is 23.4 Å². The van der Waals surface area contributed by atoms with Crippen molar-refractivity contribution in [3.05, 3.63) is 29.8 Å². The van der Waals surface area contributed by atoms with E-state index in [9.17, 15) is 4.79 Å². The third-order valence-electron chi connectivity index (χ3n) is 2.74. The number of anilines is 1. The van der Waals surface area contributed by atoms with Crippen LogP contribution in [0.15, 0.2) is 24.3 Å². The molecule has 0 radical (unpaired) electrons. The minimum Gasteiger partial charge on any atom is -0.325 e. The first-order valence-electron chi connectivity index (χ1n) is 5.87. The van der Waals surface area contributed by atoms with Gasteiger partial charge in [-0.25, -0.2) is 0 Å². The van der Waals surface area contributed by atoms with Crippen molar-refractivity contribution in [2.45, 2.75) is 12.5 Å². The first-order valence-corrected chi connectivity index (χ1v) is 7.03. The Bertz CT molecular complexity index is 446. The van der Waals surface area contributed by atoms with E-state index in [0.717, 1.165) is 29.3 Å². The molecule has 0 spiro atoms. The van der Waals surface area contributed by atoms with E-state index < -0.39 is 0 Å². The van der Waals surface area contributed by atoms with Crippen molar-refractivity contribution in [2.75, 3.05) is 23.4 Å². The smallest absolute Gasteiger partial charge is 0.242 e.